The number of nitrogens with zero attached hydrogens (tertiary/aromatic N) is 3. The van der Waals surface area contributed by atoms with Crippen LogP contribution >= 0.6 is 0 Å². The van der Waals surface area contributed by atoms with E-state index in [1.54, 1.807) is 6.33 Å². The molecule has 248 valence electrons. The second kappa shape index (κ2) is 13.5. The highest BCUT2D eigenvalue weighted by Crippen LogP contribution is 2.47. The average molecular weight is 646 g/mol. The van der Waals surface area contributed by atoms with Gasteiger partial charge in [0, 0.05) is 30.2 Å². The van der Waals surface area contributed by atoms with E-state index in [-0.39, 0.29) is 36.1 Å². The number of carbonyl (C=O) groups excluding carboxylic acids is 1. The van der Waals surface area contributed by atoms with Crippen LogP contribution in [0.25, 0.3) is 17.0 Å². The Hall–Kier alpha value is -5.25. The van der Waals surface area contributed by atoms with E-state index in [4.69, 9.17) is 0 Å². The summed E-state index contributed by atoms with van der Waals surface area (Å²) in [5.41, 5.74) is 7.90. The van der Waals surface area contributed by atoms with Gasteiger partial charge in [0.05, 0.1) is 35.8 Å². The fourth-order valence-electron chi connectivity index (χ4n) is 7.64. The summed E-state index contributed by atoms with van der Waals surface area (Å²) >= 11 is 0. The number of hydrogen-bond acceptors (Lipinski definition) is 6. The quantitative estimate of drug-likeness (QED) is 0.146. The van der Waals surface area contributed by atoms with Crippen LogP contribution in [0.4, 0.5) is 10.5 Å². The zero-order chi connectivity index (χ0) is 33.2. The molecule has 0 radical (unpaired) electrons. The van der Waals surface area contributed by atoms with Crippen molar-refractivity contribution in [1.82, 2.24) is 30.8 Å². The predicted octanol–water partition coefficient (Wildman–Crippen LogP) is 6.26. The molecule has 0 aliphatic carbocycles. The minimum Gasteiger partial charge on any atom is -0.465 e. The Morgan fingerprint density at radius 2 is 1.56 bits per heavy atom. The third-order valence-electron chi connectivity index (χ3n) is 10.0. The van der Waals surface area contributed by atoms with Gasteiger partial charge in [0.15, 0.2) is 0 Å². The Morgan fingerprint density at radius 3 is 2.17 bits per heavy atom. The molecule has 7 rings (SSSR count). The number of benzene rings is 3. The van der Waals surface area contributed by atoms with Crippen molar-refractivity contribution in [3.05, 3.63) is 114 Å². The van der Waals surface area contributed by atoms with E-state index < -0.39 is 12.1 Å². The first kappa shape index (κ1) is 31.4. The Kier molecular flexibility index (Phi) is 8.80. The van der Waals surface area contributed by atoms with E-state index in [0.717, 1.165) is 48.2 Å². The monoisotopic (exact) mass is 645 g/mol. The van der Waals surface area contributed by atoms with Crippen molar-refractivity contribution in [3.63, 3.8) is 0 Å². The number of carboxylic acid groups (broad SMARTS) is 1. The van der Waals surface area contributed by atoms with E-state index in [0.29, 0.717) is 6.54 Å². The van der Waals surface area contributed by atoms with Crippen LogP contribution < -0.4 is 20.9 Å². The number of aromatic amines is 1. The van der Waals surface area contributed by atoms with Crippen molar-refractivity contribution in [2.24, 2.45) is 5.92 Å². The third-order valence-corrected chi connectivity index (χ3v) is 10.0. The van der Waals surface area contributed by atoms with Gasteiger partial charge in [-0.1, -0.05) is 80.6 Å². The summed E-state index contributed by atoms with van der Waals surface area (Å²) in [6.07, 6.45) is 8.12. The van der Waals surface area contributed by atoms with Crippen molar-refractivity contribution in [3.8, 4) is 11.3 Å². The molecule has 1 aromatic heterocycles. The van der Waals surface area contributed by atoms with E-state index in [2.05, 4.69) is 110 Å². The summed E-state index contributed by atoms with van der Waals surface area (Å²) in [5, 5.41) is 18.8. The molecular weight excluding hydrogens is 602 g/mol. The maximum absolute atomic E-state index is 13.4. The number of anilines is 1. The molecule has 5 atom stereocenters. The molecule has 0 bridgehead atoms. The van der Waals surface area contributed by atoms with E-state index in [1.807, 2.05) is 31.1 Å². The Bertz CT molecular complexity index is 1740. The molecular formula is C38H43N7O3. The summed E-state index contributed by atoms with van der Waals surface area (Å²) in [5.74, 6) is -0.310. The van der Waals surface area contributed by atoms with Gasteiger partial charge in [0.25, 0.3) is 0 Å². The maximum atomic E-state index is 13.4. The van der Waals surface area contributed by atoms with Gasteiger partial charge in [-0.2, -0.15) is 0 Å². The molecule has 0 spiro atoms. The molecule has 1 unspecified atom stereocenters. The van der Waals surface area contributed by atoms with Crippen molar-refractivity contribution in [2.75, 3.05) is 11.4 Å². The normalized spacial score (nSPS) is 22.7. The van der Waals surface area contributed by atoms with Gasteiger partial charge in [-0.3, -0.25) is 4.79 Å². The minimum absolute atomic E-state index is 0.0782. The molecule has 2 saturated heterocycles. The number of para-hydroxylation sites is 1. The van der Waals surface area contributed by atoms with Gasteiger partial charge in [-0.15, -0.1) is 0 Å². The van der Waals surface area contributed by atoms with Gasteiger partial charge in [0.1, 0.15) is 12.2 Å². The van der Waals surface area contributed by atoms with Gasteiger partial charge in [-0.25, -0.2) is 9.78 Å². The highest BCUT2D eigenvalue weighted by Gasteiger charge is 2.40. The van der Waals surface area contributed by atoms with E-state index in [1.165, 1.54) is 16.8 Å². The molecule has 10 nitrogen and oxygen atoms in total. The number of carbonyl (C=O) groups is 2. The standard InChI is InChI=1S/C38H43N7O3/c1-24(2)35(43-38(47)48)37(46)44-20-6-9-34(44)36-40-22-31(42-36)26-12-16-28(17-13-26)33-19-18-32(45(33)29-7-4-3-5-8-29)27-14-10-25(11-15-27)30-21-39-23-41-30/h3-5,7-8,10-17,21-24,32-36,40,42-43H,6,9,18-20H2,1-2H3,(H,39,41)(H,47,48)/t32-,33+,34+,35+,36?/m1/s1. The van der Waals surface area contributed by atoms with Crippen LogP contribution in [0, 0.1) is 5.92 Å². The lowest BCUT2D eigenvalue weighted by atomic mass is 10.0. The zero-order valence-corrected chi connectivity index (χ0v) is 27.3. The summed E-state index contributed by atoms with van der Waals surface area (Å²) in [6, 6.07) is 28.0. The number of hydrogen-bond donors (Lipinski definition) is 5. The first-order chi connectivity index (χ1) is 23.4. The van der Waals surface area contributed by atoms with Crippen LogP contribution in [-0.2, 0) is 4.79 Å². The number of H-pyrrole nitrogens is 1. The molecule has 5 N–H and O–H groups in total. The SMILES string of the molecule is CC(C)[C@H](NC(=O)O)C(=O)N1CCC[C@H]1C1NC=C(c2ccc([C@@H]3CC[C@H](c4ccc(-c5c[nH]cn5)cc4)N3c3ccccc3)cc2)N1. The first-order valence-corrected chi connectivity index (χ1v) is 16.9. The molecule has 10 heteroatoms. The lowest BCUT2D eigenvalue weighted by Gasteiger charge is -2.34. The molecule has 3 aliphatic rings. The summed E-state index contributed by atoms with van der Waals surface area (Å²) in [4.78, 5) is 36.7. The van der Waals surface area contributed by atoms with Crippen LogP contribution in [0.2, 0.25) is 0 Å². The Labute approximate surface area is 281 Å². The number of nitrogens with one attached hydrogen (secondary N) is 4. The maximum Gasteiger partial charge on any atom is 0.405 e. The number of likely N-dealkylation sites (tertiary alicyclic amines) is 1. The van der Waals surface area contributed by atoms with E-state index in [9.17, 15) is 14.7 Å². The molecule has 2 amide bonds. The van der Waals surface area contributed by atoms with Gasteiger partial charge in [-0.05, 0) is 60.4 Å². The topological polar surface area (TPSA) is 126 Å². The lowest BCUT2D eigenvalue weighted by Crippen LogP contribution is -2.57. The third kappa shape index (κ3) is 6.22. The molecule has 48 heavy (non-hydrogen) atoms. The number of amides is 2. The smallest absolute Gasteiger partial charge is 0.405 e. The highest BCUT2D eigenvalue weighted by molar-refractivity contribution is 5.86. The lowest BCUT2D eigenvalue weighted by molar-refractivity contribution is -0.135. The summed E-state index contributed by atoms with van der Waals surface area (Å²) in [6.45, 7) is 4.35. The number of rotatable bonds is 9. The second-order valence-electron chi connectivity index (χ2n) is 13.3. The molecule has 4 heterocycles. The largest absolute Gasteiger partial charge is 0.465 e. The Balaban J connectivity index is 1.06. The van der Waals surface area contributed by atoms with Crippen molar-refractivity contribution in [2.45, 2.75) is 69.9 Å². The van der Waals surface area contributed by atoms with Gasteiger partial charge in [0.2, 0.25) is 5.91 Å². The van der Waals surface area contributed by atoms with Crippen LogP contribution in [0.3, 0.4) is 0 Å². The average Bonchev–Trinajstić information content (AvgIpc) is 3.94. The van der Waals surface area contributed by atoms with Crippen molar-refractivity contribution in [1.29, 1.82) is 0 Å². The molecule has 3 aromatic carbocycles. The van der Waals surface area contributed by atoms with Crippen LogP contribution in [-0.4, -0.2) is 56.8 Å². The van der Waals surface area contributed by atoms with Gasteiger partial charge >= 0.3 is 6.09 Å². The summed E-state index contributed by atoms with van der Waals surface area (Å²) in [7, 11) is 0. The number of imidazole rings is 1. The van der Waals surface area contributed by atoms with Gasteiger partial charge < -0.3 is 35.8 Å². The molecule has 3 aliphatic heterocycles. The van der Waals surface area contributed by atoms with Crippen LogP contribution in [0.1, 0.15) is 68.3 Å². The minimum atomic E-state index is -1.18. The summed E-state index contributed by atoms with van der Waals surface area (Å²) < 4.78 is 0. The Morgan fingerprint density at radius 1 is 0.896 bits per heavy atom. The van der Waals surface area contributed by atoms with Crippen molar-refractivity contribution >= 4 is 23.4 Å². The van der Waals surface area contributed by atoms with Crippen molar-refractivity contribution < 1.29 is 14.7 Å². The van der Waals surface area contributed by atoms with Crippen LogP contribution in [0.5, 0.6) is 0 Å². The molecule has 2 fully saturated rings. The first-order valence-electron chi connectivity index (χ1n) is 16.9. The van der Waals surface area contributed by atoms with E-state index >= 15 is 0 Å². The zero-order valence-electron chi connectivity index (χ0n) is 27.3. The molecule has 4 aromatic rings. The fraction of sp³-hybridized carbons (Fsp3) is 0.342. The van der Waals surface area contributed by atoms with Crippen LogP contribution in [0.15, 0.2) is 97.6 Å². The fourth-order valence-corrected chi connectivity index (χ4v) is 7.64. The second-order valence-corrected chi connectivity index (χ2v) is 13.3. The molecule has 0 saturated carbocycles. The number of aromatic nitrogens is 2. The highest BCUT2D eigenvalue weighted by atomic mass is 16.4. The predicted molar refractivity (Wildman–Crippen MR) is 187 cm³/mol.